The maximum absolute atomic E-state index is 5.90. The topological polar surface area (TPSA) is 51.8 Å². The highest BCUT2D eigenvalue weighted by Crippen LogP contribution is 2.33. The smallest absolute Gasteiger partial charge is 0.227 e. The summed E-state index contributed by atoms with van der Waals surface area (Å²) in [6.45, 7) is 10.8. The van der Waals surface area contributed by atoms with Gasteiger partial charge in [-0.05, 0) is 43.2 Å². The minimum absolute atomic E-state index is 0.108. The molecule has 0 saturated carbocycles. The maximum atomic E-state index is 5.90. The zero-order valence-electron chi connectivity index (χ0n) is 18.5. The third kappa shape index (κ3) is 3.38. The van der Waals surface area contributed by atoms with Crippen molar-refractivity contribution >= 4 is 22.1 Å². The van der Waals surface area contributed by atoms with Crippen LogP contribution in [0, 0.1) is 13.8 Å². The van der Waals surface area contributed by atoms with E-state index in [9.17, 15) is 0 Å². The summed E-state index contributed by atoms with van der Waals surface area (Å²) in [5.41, 5.74) is 7.66. The number of furan rings is 1. The molecule has 154 valence electrons. The number of para-hydroxylation sites is 1. The Kier molecular flexibility index (Phi) is 4.40. The first-order valence-electron chi connectivity index (χ1n) is 10.5. The first kappa shape index (κ1) is 19.4. The number of aryl methyl sites for hydroxylation is 2. The van der Waals surface area contributed by atoms with Crippen molar-refractivity contribution in [2.45, 2.75) is 40.0 Å². The van der Waals surface area contributed by atoms with Crippen molar-refractivity contribution in [3.05, 3.63) is 77.6 Å². The Morgan fingerprint density at radius 2 is 1.55 bits per heavy atom. The van der Waals surface area contributed by atoms with Gasteiger partial charge < -0.3 is 4.42 Å². The van der Waals surface area contributed by atoms with Gasteiger partial charge in [0.15, 0.2) is 5.82 Å². The second kappa shape index (κ2) is 7.02. The lowest BCUT2D eigenvalue weighted by atomic mass is 9.90. The van der Waals surface area contributed by atoms with E-state index in [-0.39, 0.29) is 5.41 Å². The molecule has 0 aliphatic heterocycles. The monoisotopic (exact) mass is 407 g/mol. The van der Waals surface area contributed by atoms with Crippen LogP contribution in [0.1, 0.15) is 37.6 Å². The summed E-state index contributed by atoms with van der Waals surface area (Å²) >= 11 is 0. The highest BCUT2D eigenvalue weighted by atomic mass is 16.3. The molecule has 0 aliphatic rings. The number of nitrogens with zero attached hydrogens (tertiary/aromatic N) is 3. The van der Waals surface area contributed by atoms with Gasteiger partial charge >= 0.3 is 0 Å². The third-order valence-electron chi connectivity index (χ3n) is 5.73. The summed E-state index contributed by atoms with van der Waals surface area (Å²) in [5, 5.41) is 2.06. The van der Waals surface area contributed by atoms with Crippen LogP contribution >= 0.6 is 0 Å². The fourth-order valence-corrected chi connectivity index (χ4v) is 4.01. The van der Waals surface area contributed by atoms with E-state index in [0.29, 0.717) is 5.71 Å². The lowest BCUT2D eigenvalue weighted by Crippen LogP contribution is -2.15. The summed E-state index contributed by atoms with van der Waals surface area (Å²) in [4.78, 5) is 14.6. The molecule has 5 aromatic rings. The van der Waals surface area contributed by atoms with Crippen molar-refractivity contribution in [1.82, 2.24) is 15.0 Å². The van der Waals surface area contributed by atoms with Gasteiger partial charge in [-0.25, -0.2) is 15.0 Å². The first-order chi connectivity index (χ1) is 14.8. The van der Waals surface area contributed by atoms with Crippen LogP contribution in [0.3, 0.4) is 0 Å². The van der Waals surface area contributed by atoms with Crippen LogP contribution in [-0.2, 0) is 5.41 Å². The predicted octanol–water partition coefficient (Wildman–Crippen LogP) is 7.02. The van der Waals surface area contributed by atoms with Crippen molar-refractivity contribution in [2.24, 2.45) is 0 Å². The van der Waals surface area contributed by atoms with Crippen molar-refractivity contribution in [1.29, 1.82) is 0 Å². The molecule has 0 amide bonds. The van der Waals surface area contributed by atoms with Crippen LogP contribution in [0.5, 0.6) is 0 Å². The van der Waals surface area contributed by atoms with E-state index in [2.05, 4.69) is 76.0 Å². The maximum Gasteiger partial charge on any atom is 0.227 e. The van der Waals surface area contributed by atoms with Gasteiger partial charge in [-0.3, -0.25) is 0 Å². The SMILES string of the molecule is Cc1cccc(C)c1-c1nc(-c2cnc3oc4ccccc4c3c2)cc(C(C)(C)C)n1. The van der Waals surface area contributed by atoms with Crippen molar-refractivity contribution < 1.29 is 4.42 Å². The predicted molar refractivity (Wildman–Crippen MR) is 126 cm³/mol. The Hall–Kier alpha value is -3.53. The van der Waals surface area contributed by atoms with E-state index < -0.39 is 0 Å². The molecular formula is C27H25N3O. The van der Waals surface area contributed by atoms with Gasteiger partial charge in [-0.2, -0.15) is 0 Å². The van der Waals surface area contributed by atoms with E-state index in [0.717, 1.165) is 44.7 Å². The summed E-state index contributed by atoms with van der Waals surface area (Å²) < 4.78 is 5.90. The first-order valence-corrected chi connectivity index (χ1v) is 10.5. The third-order valence-corrected chi connectivity index (χ3v) is 5.73. The molecule has 0 aliphatic carbocycles. The number of hydrogen-bond donors (Lipinski definition) is 0. The fraction of sp³-hybridized carbons (Fsp3) is 0.222. The minimum Gasteiger partial charge on any atom is -0.438 e. The highest BCUT2D eigenvalue weighted by Gasteiger charge is 2.21. The number of hydrogen-bond acceptors (Lipinski definition) is 4. The zero-order valence-corrected chi connectivity index (χ0v) is 18.5. The molecular weight excluding hydrogens is 382 g/mol. The summed E-state index contributed by atoms with van der Waals surface area (Å²) in [6, 6.07) is 18.5. The van der Waals surface area contributed by atoms with Gasteiger partial charge in [0.2, 0.25) is 5.71 Å². The Balaban J connectivity index is 1.76. The number of rotatable bonds is 2. The zero-order chi connectivity index (χ0) is 21.8. The molecule has 0 spiro atoms. The molecule has 3 heterocycles. The van der Waals surface area contributed by atoms with Crippen LogP contribution in [-0.4, -0.2) is 15.0 Å². The van der Waals surface area contributed by atoms with E-state index in [4.69, 9.17) is 14.4 Å². The molecule has 4 nitrogen and oxygen atoms in total. The number of aromatic nitrogens is 3. The lowest BCUT2D eigenvalue weighted by Gasteiger charge is -2.20. The van der Waals surface area contributed by atoms with E-state index in [1.165, 1.54) is 11.1 Å². The van der Waals surface area contributed by atoms with Gasteiger partial charge in [-0.15, -0.1) is 0 Å². The Morgan fingerprint density at radius 3 is 2.29 bits per heavy atom. The van der Waals surface area contributed by atoms with E-state index >= 15 is 0 Å². The number of fused-ring (bicyclic) bond motifs is 3. The van der Waals surface area contributed by atoms with E-state index in [1.54, 1.807) is 0 Å². The molecule has 5 rings (SSSR count). The average Bonchev–Trinajstić information content (AvgIpc) is 3.11. The number of pyridine rings is 1. The minimum atomic E-state index is -0.108. The Bertz CT molecular complexity index is 1420. The fourth-order valence-electron chi connectivity index (χ4n) is 4.01. The molecule has 0 radical (unpaired) electrons. The molecule has 0 saturated heterocycles. The normalized spacial score (nSPS) is 12.0. The van der Waals surface area contributed by atoms with Gasteiger partial charge in [0.25, 0.3) is 0 Å². The van der Waals surface area contributed by atoms with Crippen LogP contribution in [0.25, 0.3) is 44.7 Å². The molecule has 0 atom stereocenters. The highest BCUT2D eigenvalue weighted by molar-refractivity contribution is 6.04. The molecule has 2 aromatic carbocycles. The summed E-state index contributed by atoms with van der Waals surface area (Å²) in [5.74, 6) is 0.759. The van der Waals surface area contributed by atoms with Crippen molar-refractivity contribution in [3.63, 3.8) is 0 Å². The van der Waals surface area contributed by atoms with Crippen LogP contribution in [0.15, 0.2) is 65.2 Å². The lowest BCUT2D eigenvalue weighted by molar-refractivity contribution is 0.568. The second-order valence-corrected chi connectivity index (χ2v) is 9.15. The molecule has 31 heavy (non-hydrogen) atoms. The second-order valence-electron chi connectivity index (χ2n) is 9.15. The van der Waals surface area contributed by atoms with Crippen molar-refractivity contribution in [2.75, 3.05) is 0 Å². The van der Waals surface area contributed by atoms with E-state index in [1.807, 2.05) is 24.4 Å². The average molecular weight is 408 g/mol. The molecule has 0 N–H and O–H groups in total. The largest absolute Gasteiger partial charge is 0.438 e. The molecule has 0 fully saturated rings. The van der Waals surface area contributed by atoms with Crippen LogP contribution in [0.4, 0.5) is 0 Å². The summed E-state index contributed by atoms with van der Waals surface area (Å²) in [7, 11) is 0. The van der Waals surface area contributed by atoms with Crippen LogP contribution < -0.4 is 0 Å². The van der Waals surface area contributed by atoms with Crippen LogP contribution in [0.2, 0.25) is 0 Å². The quantitative estimate of drug-likeness (QED) is 0.315. The Labute approximate surface area is 182 Å². The Morgan fingerprint density at radius 1 is 0.806 bits per heavy atom. The van der Waals surface area contributed by atoms with Gasteiger partial charge in [0.1, 0.15) is 5.58 Å². The van der Waals surface area contributed by atoms with Gasteiger partial charge in [-0.1, -0.05) is 57.2 Å². The molecule has 4 heteroatoms. The standard InChI is InChI=1S/C27H25N3O/c1-16-9-8-10-17(2)24(16)25-29-21(14-23(30-25)27(3,4)5)18-13-20-19-11-6-7-12-22(19)31-26(20)28-15-18/h6-15H,1-5H3. The van der Waals surface area contributed by atoms with Gasteiger partial charge in [0, 0.05) is 33.5 Å². The molecule has 0 unspecified atom stereocenters. The molecule has 3 aromatic heterocycles. The van der Waals surface area contributed by atoms with Gasteiger partial charge in [0.05, 0.1) is 11.4 Å². The molecule has 0 bridgehead atoms. The summed E-state index contributed by atoms with van der Waals surface area (Å²) in [6.07, 6.45) is 1.84. The number of benzene rings is 2. The van der Waals surface area contributed by atoms with Crippen molar-refractivity contribution in [3.8, 4) is 22.6 Å².